The van der Waals surface area contributed by atoms with Crippen molar-refractivity contribution >= 4 is 22.7 Å². The van der Waals surface area contributed by atoms with Gasteiger partial charge in [0.05, 0.1) is 17.3 Å². The molecule has 1 unspecified atom stereocenters. The van der Waals surface area contributed by atoms with Gasteiger partial charge >= 0.3 is 6.09 Å². The number of phenols is 1. The van der Waals surface area contributed by atoms with Crippen molar-refractivity contribution in [1.82, 2.24) is 10.3 Å². The quantitative estimate of drug-likeness (QED) is 0.182. The van der Waals surface area contributed by atoms with Gasteiger partial charge in [-0.2, -0.15) is 0 Å². The second kappa shape index (κ2) is 12.0. The summed E-state index contributed by atoms with van der Waals surface area (Å²) in [5.41, 5.74) is 2.24. The number of aliphatic hydroxyl groups excluding tert-OH is 1. The minimum Gasteiger partial charge on any atom is -0.506 e. The number of amides is 1. The standard InChI is InChI=1S/C32H31N3O5/c36-27-15-13-24(25-14-16-29(38)35-30(25)27)28(37)21-33-20-19-32(17-7-2-8-18-32)40-31(39)34-26-12-6-5-11-23(26)22-9-3-1-4-10-22/h1-17,28,33,36-37H,18-21H2,(H,34,39)(H,35,38)/t28-,32?/m0/s1. The smallest absolute Gasteiger partial charge is 0.412 e. The number of H-pyrrole nitrogens is 1. The molecular weight excluding hydrogens is 506 g/mol. The molecule has 0 saturated heterocycles. The number of allylic oxidation sites excluding steroid dienone is 2. The van der Waals surface area contributed by atoms with Crippen LogP contribution in [0.25, 0.3) is 22.0 Å². The predicted octanol–water partition coefficient (Wildman–Crippen LogP) is 5.42. The Kier molecular flexibility index (Phi) is 8.10. The summed E-state index contributed by atoms with van der Waals surface area (Å²) in [7, 11) is 0. The van der Waals surface area contributed by atoms with Crippen molar-refractivity contribution in [3.05, 3.63) is 119 Å². The number of carbonyl (C=O) groups excluding carboxylic acids is 1. The molecule has 40 heavy (non-hydrogen) atoms. The Morgan fingerprint density at radius 3 is 2.60 bits per heavy atom. The fraction of sp³-hybridized carbons (Fsp3) is 0.188. The third-order valence-electron chi connectivity index (χ3n) is 6.98. The fourth-order valence-electron chi connectivity index (χ4n) is 4.94. The summed E-state index contributed by atoms with van der Waals surface area (Å²) in [6.07, 6.45) is 7.21. The Balaban J connectivity index is 1.22. The minimum atomic E-state index is -0.884. The summed E-state index contributed by atoms with van der Waals surface area (Å²) < 4.78 is 6.00. The summed E-state index contributed by atoms with van der Waals surface area (Å²) in [4.78, 5) is 27.4. The monoisotopic (exact) mass is 537 g/mol. The van der Waals surface area contributed by atoms with Gasteiger partial charge in [0.25, 0.3) is 0 Å². The topological polar surface area (TPSA) is 124 Å². The predicted molar refractivity (Wildman–Crippen MR) is 156 cm³/mol. The molecule has 1 heterocycles. The molecule has 0 radical (unpaired) electrons. The van der Waals surface area contributed by atoms with Crippen molar-refractivity contribution in [2.45, 2.75) is 24.5 Å². The number of para-hydroxylation sites is 1. The van der Waals surface area contributed by atoms with Gasteiger partial charge in [0.1, 0.15) is 11.4 Å². The molecule has 3 aromatic carbocycles. The lowest BCUT2D eigenvalue weighted by Gasteiger charge is -2.31. The first-order chi connectivity index (χ1) is 19.4. The number of phenolic OH excluding ortho intramolecular Hbond substituents is 1. The van der Waals surface area contributed by atoms with Gasteiger partial charge in [-0.15, -0.1) is 0 Å². The van der Waals surface area contributed by atoms with E-state index in [1.54, 1.807) is 12.1 Å². The van der Waals surface area contributed by atoms with Crippen LogP contribution in [0.5, 0.6) is 5.75 Å². The number of aromatic hydroxyl groups is 1. The number of anilines is 1. The first kappa shape index (κ1) is 26.9. The number of aromatic amines is 1. The minimum absolute atomic E-state index is 0.0579. The number of aliphatic hydroxyl groups is 1. The number of pyridine rings is 1. The maximum Gasteiger partial charge on any atom is 0.412 e. The van der Waals surface area contributed by atoms with Crippen molar-refractivity contribution in [2.75, 3.05) is 18.4 Å². The van der Waals surface area contributed by atoms with E-state index in [9.17, 15) is 19.8 Å². The van der Waals surface area contributed by atoms with Crippen LogP contribution in [0, 0.1) is 0 Å². The molecule has 1 aliphatic rings. The second-order valence-electron chi connectivity index (χ2n) is 9.74. The van der Waals surface area contributed by atoms with E-state index >= 15 is 0 Å². The number of hydrogen-bond acceptors (Lipinski definition) is 6. The third-order valence-corrected chi connectivity index (χ3v) is 6.98. The molecule has 5 rings (SSSR count). The molecule has 204 valence electrons. The average Bonchev–Trinajstić information content (AvgIpc) is 2.97. The molecule has 8 nitrogen and oxygen atoms in total. The molecule has 0 spiro atoms. The maximum absolute atomic E-state index is 13.1. The summed E-state index contributed by atoms with van der Waals surface area (Å²) >= 11 is 0. The highest BCUT2D eigenvalue weighted by atomic mass is 16.6. The summed E-state index contributed by atoms with van der Waals surface area (Å²) in [5.74, 6) is -0.0579. The van der Waals surface area contributed by atoms with Crippen molar-refractivity contribution in [3.8, 4) is 16.9 Å². The van der Waals surface area contributed by atoms with Crippen LogP contribution in [0.4, 0.5) is 10.5 Å². The molecule has 1 amide bonds. The maximum atomic E-state index is 13.1. The Morgan fingerprint density at radius 1 is 1.00 bits per heavy atom. The van der Waals surface area contributed by atoms with E-state index in [2.05, 4.69) is 15.6 Å². The van der Waals surface area contributed by atoms with Crippen molar-refractivity contribution in [2.24, 2.45) is 0 Å². The lowest BCUT2D eigenvalue weighted by molar-refractivity contribution is 0.0510. The average molecular weight is 538 g/mol. The molecule has 4 aromatic rings. The second-order valence-corrected chi connectivity index (χ2v) is 9.74. The molecular formula is C32H31N3O5. The van der Waals surface area contributed by atoms with E-state index in [-0.39, 0.29) is 23.4 Å². The Morgan fingerprint density at radius 2 is 1.80 bits per heavy atom. The Bertz CT molecular complexity index is 1610. The summed E-state index contributed by atoms with van der Waals surface area (Å²) in [6.45, 7) is 0.696. The highest BCUT2D eigenvalue weighted by Gasteiger charge is 2.31. The van der Waals surface area contributed by atoms with Gasteiger partial charge < -0.3 is 25.3 Å². The van der Waals surface area contributed by atoms with Crippen LogP contribution in [0.2, 0.25) is 0 Å². The zero-order chi connectivity index (χ0) is 28.0. The Labute approximate surface area is 231 Å². The van der Waals surface area contributed by atoms with Gasteiger partial charge in [-0.1, -0.05) is 72.8 Å². The lowest BCUT2D eigenvalue weighted by atomic mass is 9.91. The van der Waals surface area contributed by atoms with E-state index in [0.29, 0.717) is 36.0 Å². The van der Waals surface area contributed by atoms with Gasteiger partial charge in [0.15, 0.2) is 0 Å². The van der Waals surface area contributed by atoms with E-state index in [1.165, 1.54) is 12.1 Å². The number of aromatic nitrogens is 1. The number of benzene rings is 3. The number of rotatable bonds is 9. The normalized spacial score (nSPS) is 17.0. The highest BCUT2D eigenvalue weighted by molar-refractivity contribution is 5.91. The molecule has 1 aromatic heterocycles. The number of hydrogen-bond donors (Lipinski definition) is 5. The van der Waals surface area contributed by atoms with E-state index < -0.39 is 17.8 Å². The van der Waals surface area contributed by atoms with E-state index in [1.807, 2.05) is 78.9 Å². The van der Waals surface area contributed by atoms with Crippen molar-refractivity contribution in [3.63, 3.8) is 0 Å². The Hall–Kier alpha value is -4.66. The third kappa shape index (κ3) is 6.14. The van der Waals surface area contributed by atoms with Gasteiger partial charge in [0.2, 0.25) is 5.56 Å². The molecule has 0 fully saturated rings. The van der Waals surface area contributed by atoms with Gasteiger partial charge in [0, 0.05) is 36.4 Å². The number of carbonyl (C=O) groups is 1. The molecule has 2 atom stereocenters. The van der Waals surface area contributed by atoms with Crippen LogP contribution >= 0.6 is 0 Å². The van der Waals surface area contributed by atoms with Gasteiger partial charge in [-0.05, 0) is 41.9 Å². The lowest BCUT2D eigenvalue weighted by Crippen LogP contribution is -2.39. The van der Waals surface area contributed by atoms with Crippen LogP contribution in [-0.4, -0.2) is 40.0 Å². The molecule has 5 N–H and O–H groups in total. The van der Waals surface area contributed by atoms with Crippen LogP contribution < -0.4 is 16.2 Å². The summed E-state index contributed by atoms with van der Waals surface area (Å²) in [5, 5.41) is 27.7. The van der Waals surface area contributed by atoms with Gasteiger partial charge in [-0.25, -0.2) is 4.79 Å². The number of nitrogens with one attached hydrogen (secondary N) is 3. The zero-order valence-electron chi connectivity index (χ0n) is 21.8. The van der Waals surface area contributed by atoms with Gasteiger partial charge in [-0.3, -0.25) is 10.1 Å². The molecule has 8 heteroatoms. The SMILES string of the molecule is O=C(Nc1ccccc1-c1ccccc1)OC1(CCNC[C@H](O)c2ccc(O)c3[nH]c(=O)ccc23)C=CC=CC1. The number of ether oxygens (including phenoxy) is 1. The fourth-order valence-corrected chi connectivity index (χ4v) is 4.94. The van der Waals surface area contributed by atoms with Crippen LogP contribution in [0.3, 0.4) is 0 Å². The largest absolute Gasteiger partial charge is 0.506 e. The van der Waals surface area contributed by atoms with Crippen LogP contribution in [0.1, 0.15) is 24.5 Å². The van der Waals surface area contributed by atoms with E-state index in [4.69, 9.17) is 4.74 Å². The summed E-state index contributed by atoms with van der Waals surface area (Å²) in [6, 6.07) is 23.5. The molecule has 0 aliphatic heterocycles. The molecule has 0 bridgehead atoms. The molecule has 1 aliphatic carbocycles. The van der Waals surface area contributed by atoms with Crippen LogP contribution in [-0.2, 0) is 4.74 Å². The van der Waals surface area contributed by atoms with Crippen LogP contribution in [0.15, 0.2) is 108 Å². The van der Waals surface area contributed by atoms with Crippen molar-refractivity contribution < 1.29 is 19.7 Å². The zero-order valence-corrected chi connectivity index (χ0v) is 21.8. The first-order valence-electron chi connectivity index (χ1n) is 13.2. The van der Waals surface area contributed by atoms with Crippen molar-refractivity contribution in [1.29, 1.82) is 0 Å². The first-order valence-corrected chi connectivity index (χ1v) is 13.2. The molecule has 0 saturated carbocycles. The van der Waals surface area contributed by atoms with E-state index in [0.717, 1.165) is 11.1 Å². The highest BCUT2D eigenvalue weighted by Crippen LogP contribution is 2.31. The number of fused-ring (bicyclic) bond motifs is 1.